The van der Waals surface area contributed by atoms with Crippen molar-refractivity contribution in [2.24, 2.45) is 0 Å². The highest BCUT2D eigenvalue weighted by molar-refractivity contribution is 5.14. The van der Waals surface area contributed by atoms with E-state index < -0.39 is 36.0 Å². The number of hydrogen-bond donors (Lipinski definition) is 2. The average molecular weight is 324 g/mol. The second-order valence-electron chi connectivity index (χ2n) is 6.59. The third-order valence-corrected chi connectivity index (χ3v) is 4.43. The summed E-state index contributed by atoms with van der Waals surface area (Å²) in [5.74, 6) is -0.788. The highest BCUT2D eigenvalue weighted by Crippen LogP contribution is 2.45. The minimum atomic E-state index is -1.26. The SMILES string of the molecule is C[C@@H](O)[C@@]1(CO)O[C@@H]2OC(C)(C)O[C@@H]2[C@H]1OCc1ccccc1. The first-order valence-corrected chi connectivity index (χ1v) is 7.86. The van der Waals surface area contributed by atoms with Gasteiger partial charge in [0.1, 0.15) is 17.8 Å². The van der Waals surface area contributed by atoms with E-state index in [0.29, 0.717) is 6.61 Å². The van der Waals surface area contributed by atoms with Crippen LogP contribution >= 0.6 is 0 Å². The normalized spacial score (nSPS) is 36.8. The Kier molecular flexibility index (Phi) is 4.48. The van der Waals surface area contributed by atoms with E-state index in [2.05, 4.69) is 0 Å². The minimum absolute atomic E-state index is 0.330. The smallest absolute Gasteiger partial charge is 0.190 e. The van der Waals surface area contributed by atoms with Gasteiger partial charge >= 0.3 is 0 Å². The molecule has 6 nitrogen and oxygen atoms in total. The first kappa shape index (κ1) is 16.8. The Labute approximate surface area is 135 Å². The molecule has 2 saturated heterocycles. The van der Waals surface area contributed by atoms with Gasteiger partial charge < -0.3 is 29.2 Å². The Balaban J connectivity index is 1.82. The maximum Gasteiger partial charge on any atom is 0.190 e. The van der Waals surface area contributed by atoms with Gasteiger partial charge in [0.25, 0.3) is 0 Å². The lowest BCUT2D eigenvalue weighted by Crippen LogP contribution is -2.56. The number of fused-ring (bicyclic) bond motifs is 1. The van der Waals surface area contributed by atoms with Crippen molar-refractivity contribution in [1.82, 2.24) is 0 Å². The number of ether oxygens (including phenoxy) is 4. The summed E-state index contributed by atoms with van der Waals surface area (Å²) in [6, 6.07) is 9.69. The van der Waals surface area contributed by atoms with Gasteiger partial charge in [-0.3, -0.25) is 0 Å². The van der Waals surface area contributed by atoms with E-state index in [1.54, 1.807) is 20.8 Å². The van der Waals surface area contributed by atoms with Crippen LogP contribution in [0.1, 0.15) is 26.3 Å². The first-order chi connectivity index (χ1) is 10.9. The van der Waals surface area contributed by atoms with E-state index in [0.717, 1.165) is 5.56 Å². The van der Waals surface area contributed by atoms with Gasteiger partial charge in [0.15, 0.2) is 12.1 Å². The molecule has 0 amide bonds. The molecule has 0 saturated carbocycles. The van der Waals surface area contributed by atoms with Crippen molar-refractivity contribution in [1.29, 1.82) is 0 Å². The van der Waals surface area contributed by atoms with Gasteiger partial charge in [-0.05, 0) is 26.3 Å². The Morgan fingerprint density at radius 1 is 1.17 bits per heavy atom. The van der Waals surface area contributed by atoms with Gasteiger partial charge in [0, 0.05) is 0 Å². The molecule has 23 heavy (non-hydrogen) atoms. The number of hydrogen-bond acceptors (Lipinski definition) is 6. The van der Waals surface area contributed by atoms with Crippen LogP contribution in [-0.4, -0.2) is 52.8 Å². The zero-order chi connectivity index (χ0) is 16.7. The van der Waals surface area contributed by atoms with Crippen LogP contribution in [0.15, 0.2) is 30.3 Å². The minimum Gasteiger partial charge on any atom is -0.393 e. The molecule has 0 radical (unpaired) electrons. The molecule has 0 bridgehead atoms. The quantitative estimate of drug-likeness (QED) is 0.847. The summed E-state index contributed by atoms with van der Waals surface area (Å²) >= 11 is 0. The molecule has 6 heteroatoms. The predicted octanol–water partition coefficient (Wildman–Crippen LogP) is 1.19. The van der Waals surface area contributed by atoms with E-state index in [1.165, 1.54) is 0 Å². The molecule has 0 spiro atoms. The average Bonchev–Trinajstić information content (AvgIpc) is 2.95. The molecule has 0 unspecified atom stereocenters. The van der Waals surface area contributed by atoms with Gasteiger partial charge in [-0.25, -0.2) is 0 Å². The van der Waals surface area contributed by atoms with Crippen molar-refractivity contribution in [2.75, 3.05) is 6.61 Å². The number of rotatable bonds is 5. The van der Waals surface area contributed by atoms with Crippen LogP contribution in [0.25, 0.3) is 0 Å². The molecule has 2 aliphatic rings. The number of benzene rings is 1. The molecule has 3 rings (SSSR count). The molecular weight excluding hydrogens is 300 g/mol. The zero-order valence-electron chi connectivity index (χ0n) is 13.6. The van der Waals surface area contributed by atoms with Crippen LogP contribution < -0.4 is 0 Å². The summed E-state index contributed by atoms with van der Waals surface area (Å²) in [4.78, 5) is 0. The van der Waals surface area contributed by atoms with E-state index >= 15 is 0 Å². The number of aliphatic hydroxyl groups excluding tert-OH is 2. The summed E-state index contributed by atoms with van der Waals surface area (Å²) in [6.45, 7) is 5.11. The molecule has 2 fully saturated rings. The Morgan fingerprint density at radius 2 is 1.87 bits per heavy atom. The molecule has 0 aliphatic carbocycles. The second-order valence-corrected chi connectivity index (χ2v) is 6.59. The van der Waals surface area contributed by atoms with E-state index in [1.807, 2.05) is 30.3 Å². The first-order valence-electron chi connectivity index (χ1n) is 7.86. The molecule has 5 atom stereocenters. The lowest BCUT2D eigenvalue weighted by atomic mass is 9.90. The third-order valence-electron chi connectivity index (χ3n) is 4.43. The summed E-state index contributed by atoms with van der Waals surface area (Å²) < 4.78 is 23.5. The van der Waals surface area contributed by atoms with Crippen LogP contribution in [-0.2, 0) is 25.6 Å². The van der Waals surface area contributed by atoms with Crippen LogP contribution in [0, 0.1) is 0 Å². The van der Waals surface area contributed by atoms with Crippen molar-refractivity contribution in [3.63, 3.8) is 0 Å². The molecule has 2 aliphatic heterocycles. The van der Waals surface area contributed by atoms with Gasteiger partial charge in [-0.2, -0.15) is 0 Å². The maximum atomic E-state index is 10.2. The fourth-order valence-corrected chi connectivity index (χ4v) is 3.21. The van der Waals surface area contributed by atoms with Crippen molar-refractivity contribution in [3.05, 3.63) is 35.9 Å². The van der Waals surface area contributed by atoms with Crippen LogP contribution in [0.4, 0.5) is 0 Å². The second kappa shape index (κ2) is 6.12. The summed E-state index contributed by atoms with van der Waals surface area (Å²) in [6.07, 6.45) is -2.75. The lowest BCUT2D eigenvalue weighted by Gasteiger charge is -2.37. The van der Waals surface area contributed by atoms with Gasteiger partial charge in [0.2, 0.25) is 0 Å². The summed E-state index contributed by atoms with van der Waals surface area (Å²) in [7, 11) is 0. The highest BCUT2D eigenvalue weighted by atomic mass is 16.8. The predicted molar refractivity (Wildman–Crippen MR) is 81.4 cm³/mol. The largest absolute Gasteiger partial charge is 0.393 e. The van der Waals surface area contributed by atoms with E-state index in [-0.39, 0.29) is 6.61 Å². The molecule has 1 aromatic carbocycles. The monoisotopic (exact) mass is 324 g/mol. The van der Waals surface area contributed by atoms with Crippen molar-refractivity contribution >= 4 is 0 Å². The molecule has 0 aromatic heterocycles. The van der Waals surface area contributed by atoms with Crippen LogP contribution in [0.5, 0.6) is 0 Å². The highest BCUT2D eigenvalue weighted by Gasteiger charge is 2.64. The Bertz CT molecular complexity index is 531. The molecule has 1 aromatic rings. The maximum absolute atomic E-state index is 10.2. The lowest BCUT2D eigenvalue weighted by molar-refractivity contribution is -0.269. The van der Waals surface area contributed by atoms with E-state index in [9.17, 15) is 10.2 Å². The number of aliphatic hydroxyl groups is 2. The van der Waals surface area contributed by atoms with Crippen LogP contribution in [0.3, 0.4) is 0 Å². The fraction of sp³-hybridized carbons (Fsp3) is 0.647. The Morgan fingerprint density at radius 3 is 2.48 bits per heavy atom. The topological polar surface area (TPSA) is 77.4 Å². The van der Waals surface area contributed by atoms with Crippen molar-refractivity contribution in [2.45, 2.75) is 63.4 Å². The molecule has 128 valence electrons. The Hall–Kier alpha value is -1.02. The molecule has 2 N–H and O–H groups in total. The van der Waals surface area contributed by atoms with Gasteiger partial charge in [-0.1, -0.05) is 30.3 Å². The van der Waals surface area contributed by atoms with Crippen LogP contribution in [0.2, 0.25) is 0 Å². The standard InChI is InChI=1S/C17H24O6/c1-11(19)17(10-18)14(20-9-12-7-5-4-6-8-12)13-15(23-17)22-16(2,3)21-13/h4-8,11,13-15,18-19H,9-10H2,1-3H3/t11-,13-,14-,15+,17-/m1/s1. The van der Waals surface area contributed by atoms with E-state index in [4.69, 9.17) is 18.9 Å². The summed E-state index contributed by atoms with van der Waals surface area (Å²) in [5, 5.41) is 20.0. The van der Waals surface area contributed by atoms with Gasteiger partial charge in [0.05, 0.1) is 19.3 Å². The summed E-state index contributed by atoms with van der Waals surface area (Å²) in [5.41, 5.74) is -0.271. The fourth-order valence-electron chi connectivity index (χ4n) is 3.21. The molecule has 2 heterocycles. The molecular formula is C17H24O6. The van der Waals surface area contributed by atoms with Gasteiger partial charge in [-0.15, -0.1) is 0 Å². The van der Waals surface area contributed by atoms with Crippen molar-refractivity contribution < 1.29 is 29.2 Å². The van der Waals surface area contributed by atoms with Crippen molar-refractivity contribution in [3.8, 4) is 0 Å². The third kappa shape index (κ3) is 3.03. The zero-order valence-corrected chi connectivity index (χ0v) is 13.6.